The van der Waals surface area contributed by atoms with E-state index < -0.39 is 0 Å². The highest BCUT2D eigenvalue weighted by Gasteiger charge is 2.33. The summed E-state index contributed by atoms with van der Waals surface area (Å²) in [7, 11) is 1.63. The molecule has 0 radical (unpaired) electrons. The fraction of sp³-hybridized carbons (Fsp3) is 0.280. The molecule has 0 bridgehead atoms. The minimum atomic E-state index is -0.331. The van der Waals surface area contributed by atoms with Crippen LogP contribution in [0.25, 0.3) is 0 Å². The number of carbonyl (C=O) groups excluding carboxylic acids is 1. The van der Waals surface area contributed by atoms with Gasteiger partial charge in [0.15, 0.2) is 0 Å². The second kappa shape index (κ2) is 10.8. The van der Waals surface area contributed by atoms with Crippen LogP contribution in [0.5, 0.6) is 5.75 Å². The van der Waals surface area contributed by atoms with Gasteiger partial charge in [0, 0.05) is 29.1 Å². The van der Waals surface area contributed by atoms with E-state index in [1.165, 1.54) is 16.9 Å². The van der Waals surface area contributed by atoms with E-state index in [9.17, 15) is 10.0 Å². The Bertz CT molecular complexity index is 1130. The lowest BCUT2D eigenvalue weighted by atomic mass is 10.00. The van der Waals surface area contributed by atoms with Crippen molar-refractivity contribution in [3.63, 3.8) is 0 Å². The zero-order chi connectivity index (χ0) is 23.2. The molecular weight excluding hydrogens is 456 g/mol. The van der Waals surface area contributed by atoms with Gasteiger partial charge in [-0.1, -0.05) is 35.5 Å². The fourth-order valence-corrected chi connectivity index (χ4v) is 6.42. The zero-order valence-corrected chi connectivity index (χ0v) is 20.2. The van der Waals surface area contributed by atoms with Gasteiger partial charge in [-0.2, -0.15) is 0 Å². The molecule has 0 fully saturated rings. The molecule has 4 rings (SSSR count). The van der Waals surface area contributed by atoms with Crippen molar-refractivity contribution in [1.82, 2.24) is 0 Å². The monoisotopic (exact) mass is 482 g/mol. The van der Waals surface area contributed by atoms with Crippen molar-refractivity contribution < 1.29 is 19.5 Å². The van der Waals surface area contributed by atoms with Gasteiger partial charge >= 0.3 is 5.97 Å². The number of aryl methyl sites for hydroxylation is 1. The summed E-state index contributed by atoms with van der Waals surface area (Å²) in [6.45, 7) is 3.09. The first-order chi connectivity index (χ1) is 16.1. The Hall–Kier alpha value is -2.97. The number of hydrogen-bond acceptors (Lipinski definition) is 8. The Labute approximate surface area is 201 Å². The summed E-state index contributed by atoms with van der Waals surface area (Å²) in [5.41, 5.74) is 4.51. The van der Waals surface area contributed by atoms with Crippen LogP contribution in [0.1, 0.15) is 33.3 Å². The molecule has 0 saturated heterocycles. The van der Waals surface area contributed by atoms with Gasteiger partial charge in [-0.15, -0.1) is 23.1 Å². The minimum Gasteiger partial charge on any atom is -0.497 e. The van der Waals surface area contributed by atoms with Gasteiger partial charge in [-0.25, -0.2) is 4.79 Å². The molecule has 2 aromatic carbocycles. The van der Waals surface area contributed by atoms with E-state index in [2.05, 4.69) is 22.2 Å². The highest BCUT2D eigenvalue weighted by molar-refractivity contribution is 8.01. The van der Waals surface area contributed by atoms with Crippen LogP contribution in [0.15, 0.2) is 64.0 Å². The van der Waals surface area contributed by atoms with Crippen molar-refractivity contribution in [3.05, 3.63) is 76.2 Å². The summed E-state index contributed by atoms with van der Waals surface area (Å²) in [5.74, 6) is 1.30. The smallest absolute Gasteiger partial charge is 0.348 e. The van der Waals surface area contributed by atoms with Crippen LogP contribution in [0.3, 0.4) is 0 Å². The largest absolute Gasteiger partial charge is 0.497 e. The predicted molar refractivity (Wildman–Crippen MR) is 134 cm³/mol. The summed E-state index contributed by atoms with van der Waals surface area (Å²) in [5, 5.41) is 13.5. The number of benzene rings is 2. The second-order valence-electron chi connectivity index (χ2n) is 7.48. The average Bonchev–Trinajstić information content (AvgIpc) is 3.23. The number of esters is 1. The molecule has 6 nitrogen and oxygen atoms in total. The molecule has 0 spiro atoms. The number of ether oxygens (including phenoxy) is 2. The maximum absolute atomic E-state index is 12.8. The predicted octanol–water partition coefficient (Wildman–Crippen LogP) is 5.47. The molecule has 1 aromatic heterocycles. The van der Waals surface area contributed by atoms with Crippen LogP contribution >= 0.6 is 23.1 Å². The van der Waals surface area contributed by atoms with Gasteiger partial charge in [0.25, 0.3) is 0 Å². The molecular formula is C25H26N2O4S2. The van der Waals surface area contributed by atoms with Gasteiger partial charge in [0.05, 0.1) is 24.5 Å². The third-order valence-electron chi connectivity index (χ3n) is 5.44. The van der Waals surface area contributed by atoms with Crippen molar-refractivity contribution in [3.8, 4) is 5.75 Å². The zero-order valence-electron chi connectivity index (χ0n) is 18.6. The molecule has 2 heterocycles. The van der Waals surface area contributed by atoms with E-state index in [1.54, 1.807) is 25.8 Å². The molecule has 3 aromatic rings. The number of hydrogen-bond donors (Lipinski definition) is 1. The number of methoxy groups -OCH3 is 1. The number of thiophene rings is 1. The maximum Gasteiger partial charge on any atom is 0.348 e. The molecule has 1 aliphatic rings. The van der Waals surface area contributed by atoms with Gasteiger partial charge in [-0.05, 0) is 43.2 Å². The topological polar surface area (TPSA) is 71.4 Å². The first-order valence-corrected chi connectivity index (χ1v) is 12.5. The van der Waals surface area contributed by atoms with Crippen molar-refractivity contribution in [2.75, 3.05) is 30.9 Å². The van der Waals surface area contributed by atoms with E-state index in [-0.39, 0.29) is 5.97 Å². The quantitative estimate of drug-likeness (QED) is 0.199. The van der Waals surface area contributed by atoms with E-state index in [0.29, 0.717) is 30.3 Å². The Morgan fingerprint density at radius 3 is 2.58 bits per heavy atom. The van der Waals surface area contributed by atoms with Crippen LogP contribution in [-0.2, 0) is 17.7 Å². The van der Waals surface area contributed by atoms with Crippen LogP contribution in [-0.4, -0.2) is 42.9 Å². The lowest BCUT2D eigenvalue weighted by Crippen LogP contribution is -2.36. The summed E-state index contributed by atoms with van der Waals surface area (Å²) in [6.07, 6.45) is 0.913. The molecule has 33 heavy (non-hydrogen) atoms. The molecule has 1 aliphatic heterocycles. The number of nitrogens with zero attached hydrogens (tertiary/aromatic N) is 2. The van der Waals surface area contributed by atoms with Gasteiger partial charge in [-0.3, -0.25) is 0 Å². The van der Waals surface area contributed by atoms with Crippen LogP contribution in [0.4, 0.5) is 5.69 Å². The standard InChI is InChI=1S/C25H26N2O4S2/c1-3-31-24(28)23-20-15-27(18-9-11-19(30-2)12-10-18)16-21(26-29)22(20)25(33-23)32-14-13-17-7-5-4-6-8-17/h4-12,29H,3,13-16H2,1-2H3/b26-21+. The second-order valence-corrected chi connectivity index (χ2v) is 9.86. The number of rotatable bonds is 8. The SMILES string of the molecule is CCOC(=O)c1sc(SCCc2ccccc2)c2c1CN(c1ccc(OC)cc1)C/C2=N\O. The maximum atomic E-state index is 12.8. The Balaban J connectivity index is 1.64. The third kappa shape index (κ3) is 5.17. The lowest BCUT2D eigenvalue weighted by molar-refractivity contribution is 0.0531. The fourth-order valence-electron chi connectivity index (χ4n) is 3.82. The van der Waals surface area contributed by atoms with E-state index in [4.69, 9.17) is 9.47 Å². The lowest BCUT2D eigenvalue weighted by Gasteiger charge is -2.30. The minimum absolute atomic E-state index is 0.311. The van der Waals surface area contributed by atoms with E-state index in [0.717, 1.165) is 38.9 Å². The summed E-state index contributed by atoms with van der Waals surface area (Å²) in [4.78, 5) is 15.5. The number of thioether (sulfide) groups is 1. The van der Waals surface area contributed by atoms with Crippen molar-refractivity contribution in [2.45, 2.75) is 24.1 Å². The summed E-state index contributed by atoms with van der Waals surface area (Å²) >= 11 is 3.12. The van der Waals surface area contributed by atoms with E-state index in [1.807, 2.05) is 42.5 Å². The van der Waals surface area contributed by atoms with Gasteiger partial charge in [0.2, 0.25) is 0 Å². The summed E-state index contributed by atoms with van der Waals surface area (Å²) < 4.78 is 11.6. The van der Waals surface area contributed by atoms with Crippen LogP contribution in [0, 0.1) is 0 Å². The first-order valence-electron chi connectivity index (χ1n) is 10.7. The van der Waals surface area contributed by atoms with Crippen LogP contribution < -0.4 is 9.64 Å². The molecule has 0 unspecified atom stereocenters. The van der Waals surface area contributed by atoms with Crippen molar-refractivity contribution in [1.29, 1.82) is 0 Å². The van der Waals surface area contributed by atoms with Gasteiger partial charge < -0.3 is 19.6 Å². The molecule has 8 heteroatoms. The highest BCUT2D eigenvalue weighted by atomic mass is 32.2. The number of oxime groups is 1. The van der Waals surface area contributed by atoms with Crippen molar-refractivity contribution in [2.24, 2.45) is 5.16 Å². The number of anilines is 1. The number of fused-ring (bicyclic) bond motifs is 1. The molecule has 0 aliphatic carbocycles. The Kier molecular flexibility index (Phi) is 7.57. The normalized spacial score (nSPS) is 14.2. The van der Waals surface area contributed by atoms with Crippen LogP contribution in [0.2, 0.25) is 0 Å². The number of carbonyl (C=O) groups is 1. The molecule has 172 valence electrons. The molecule has 0 atom stereocenters. The van der Waals surface area contributed by atoms with Gasteiger partial charge in [0.1, 0.15) is 16.3 Å². The molecule has 0 saturated carbocycles. The summed E-state index contributed by atoms with van der Waals surface area (Å²) in [6, 6.07) is 18.0. The Morgan fingerprint density at radius 2 is 1.91 bits per heavy atom. The first kappa shape index (κ1) is 23.2. The molecule has 0 amide bonds. The van der Waals surface area contributed by atoms with E-state index >= 15 is 0 Å². The third-order valence-corrected chi connectivity index (χ3v) is 7.92. The Morgan fingerprint density at radius 1 is 1.15 bits per heavy atom. The van der Waals surface area contributed by atoms with Crippen molar-refractivity contribution >= 4 is 40.5 Å². The molecule has 1 N–H and O–H groups in total. The highest BCUT2D eigenvalue weighted by Crippen LogP contribution is 2.41. The average molecular weight is 483 g/mol.